The lowest BCUT2D eigenvalue weighted by atomic mass is 10.1. The minimum Gasteiger partial charge on any atom is -0.493 e. The zero-order valence-corrected chi connectivity index (χ0v) is 20.2. The van der Waals surface area contributed by atoms with Gasteiger partial charge in [-0.25, -0.2) is 0 Å². The number of hydrogen-bond acceptors (Lipinski definition) is 7. The maximum Gasteiger partial charge on any atom is 0.261 e. The van der Waals surface area contributed by atoms with Crippen LogP contribution in [0.3, 0.4) is 0 Å². The van der Waals surface area contributed by atoms with E-state index in [4.69, 9.17) is 18.9 Å². The second-order valence-electron chi connectivity index (χ2n) is 7.97. The normalized spacial score (nSPS) is 13.5. The van der Waals surface area contributed by atoms with Crippen molar-refractivity contribution in [3.8, 4) is 34.3 Å². The SMILES string of the molecule is COc1ccc(-c2nn(C)c3sc(C(=O)NC(C)c4ccc5c(c4)OCCO5)cc23)cc1OC. The monoisotopic (exact) mass is 479 g/mol. The number of carbonyl (C=O) groups is 1. The highest BCUT2D eigenvalue weighted by Crippen LogP contribution is 2.38. The summed E-state index contributed by atoms with van der Waals surface area (Å²) in [4.78, 5) is 14.6. The molecule has 0 radical (unpaired) electrons. The Hall–Kier alpha value is -3.72. The van der Waals surface area contributed by atoms with Crippen LogP contribution in [0, 0.1) is 0 Å². The third-order valence-electron chi connectivity index (χ3n) is 5.81. The number of rotatable bonds is 6. The number of benzene rings is 2. The molecule has 0 bridgehead atoms. The van der Waals surface area contributed by atoms with Crippen molar-refractivity contribution in [1.82, 2.24) is 15.1 Å². The van der Waals surface area contributed by atoms with Gasteiger partial charge in [0.2, 0.25) is 0 Å². The van der Waals surface area contributed by atoms with Crippen molar-refractivity contribution in [2.75, 3.05) is 27.4 Å². The molecule has 1 aliphatic rings. The number of methoxy groups -OCH3 is 2. The Morgan fingerprint density at radius 3 is 2.59 bits per heavy atom. The molecular weight excluding hydrogens is 454 g/mol. The Morgan fingerprint density at radius 1 is 1.06 bits per heavy atom. The molecule has 176 valence electrons. The molecule has 3 heterocycles. The number of carbonyl (C=O) groups excluding carboxylic acids is 1. The van der Waals surface area contributed by atoms with Crippen molar-refractivity contribution in [2.24, 2.45) is 7.05 Å². The summed E-state index contributed by atoms with van der Waals surface area (Å²) in [6, 6.07) is 13.1. The lowest BCUT2D eigenvalue weighted by Gasteiger charge is -2.21. The molecular formula is C25H25N3O5S. The van der Waals surface area contributed by atoms with E-state index < -0.39 is 0 Å². The van der Waals surface area contributed by atoms with Gasteiger partial charge in [0.25, 0.3) is 5.91 Å². The number of ether oxygens (including phenoxy) is 4. The van der Waals surface area contributed by atoms with Crippen LogP contribution in [0.25, 0.3) is 21.5 Å². The van der Waals surface area contributed by atoms with Gasteiger partial charge in [0.15, 0.2) is 23.0 Å². The molecule has 34 heavy (non-hydrogen) atoms. The van der Waals surface area contributed by atoms with Gasteiger partial charge in [-0.15, -0.1) is 11.3 Å². The topological polar surface area (TPSA) is 83.8 Å². The molecule has 9 heteroatoms. The van der Waals surface area contributed by atoms with E-state index in [2.05, 4.69) is 10.4 Å². The summed E-state index contributed by atoms with van der Waals surface area (Å²) in [5.41, 5.74) is 2.62. The second-order valence-corrected chi connectivity index (χ2v) is 9.00. The molecule has 0 fully saturated rings. The van der Waals surface area contributed by atoms with E-state index >= 15 is 0 Å². The van der Waals surface area contributed by atoms with Crippen molar-refractivity contribution in [2.45, 2.75) is 13.0 Å². The van der Waals surface area contributed by atoms with Crippen LogP contribution >= 0.6 is 11.3 Å². The van der Waals surface area contributed by atoms with Gasteiger partial charge in [-0.3, -0.25) is 9.48 Å². The van der Waals surface area contributed by atoms with Crippen molar-refractivity contribution in [3.63, 3.8) is 0 Å². The first kappa shape index (κ1) is 22.1. The van der Waals surface area contributed by atoms with Crippen molar-refractivity contribution in [1.29, 1.82) is 0 Å². The summed E-state index contributed by atoms with van der Waals surface area (Å²) in [6.07, 6.45) is 0. The van der Waals surface area contributed by atoms with E-state index in [0.717, 1.165) is 32.8 Å². The molecule has 0 spiro atoms. The number of fused-ring (bicyclic) bond motifs is 2. The van der Waals surface area contributed by atoms with E-state index in [1.54, 1.807) is 18.9 Å². The Bertz CT molecular complexity index is 1380. The van der Waals surface area contributed by atoms with Crippen LogP contribution in [0.2, 0.25) is 0 Å². The molecule has 0 saturated carbocycles. The largest absolute Gasteiger partial charge is 0.493 e. The molecule has 2 aromatic heterocycles. The standard InChI is InChI=1S/C25H25N3O5S/c1-14(15-5-8-19-21(11-15)33-10-9-32-19)26-24(29)22-13-17-23(27-28(2)25(17)34-22)16-6-7-18(30-3)20(12-16)31-4/h5-8,11-14H,9-10H2,1-4H3,(H,26,29). The molecule has 5 rings (SSSR count). The summed E-state index contributed by atoms with van der Waals surface area (Å²) in [7, 11) is 5.08. The van der Waals surface area contributed by atoms with E-state index in [-0.39, 0.29) is 11.9 Å². The van der Waals surface area contributed by atoms with E-state index in [9.17, 15) is 4.79 Å². The number of aryl methyl sites for hydroxylation is 1. The number of amides is 1. The van der Waals surface area contributed by atoms with Gasteiger partial charge >= 0.3 is 0 Å². The lowest BCUT2D eigenvalue weighted by molar-refractivity contribution is 0.0944. The van der Waals surface area contributed by atoms with E-state index in [1.165, 1.54) is 11.3 Å². The Morgan fingerprint density at radius 2 is 1.82 bits per heavy atom. The minimum atomic E-state index is -0.197. The fourth-order valence-corrected chi connectivity index (χ4v) is 5.00. The van der Waals surface area contributed by atoms with Gasteiger partial charge in [0.1, 0.15) is 23.7 Å². The first-order valence-electron chi connectivity index (χ1n) is 10.9. The number of thiophene rings is 1. The summed E-state index contributed by atoms with van der Waals surface area (Å²) in [6.45, 7) is 3.02. The van der Waals surface area contributed by atoms with Crippen LogP contribution in [0.15, 0.2) is 42.5 Å². The summed E-state index contributed by atoms with van der Waals surface area (Å²) in [5, 5.41) is 8.68. The molecule has 0 aliphatic carbocycles. The highest BCUT2D eigenvalue weighted by molar-refractivity contribution is 7.20. The zero-order valence-electron chi connectivity index (χ0n) is 19.4. The maximum absolute atomic E-state index is 13.1. The second kappa shape index (κ2) is 8.90. The van der Waals surface area contributed by atoms with Gasteiger partial charge in [0, 0.05) is 18.0 Å². The molecule has 4 aromatic rings. The third-order valence-corrected chi connectivity index (χ3v) is 7.01. The third kappa shape index (κ3) is 3.92. The van der Waals surface area contributed by atoms with Crippen LogP contribution in [-0.2, 0) is 7.05 Å². The van der Waals surface area contributed by atoms with Crippen molar-refractivity contribution >= 4 is 27.5 Å². The molecule has 2 aromatic carbocycles. The number of aromatic nitrogens is 2. The molecule has 1 unspecified atom stereocenters. The lowest BCUT2D eigenvalue weighted by Crippen LogP contribution is -2.26. The number of nitrogens with zero attached hydrogens (tertiary/aromatic N) is 2. The van der Waals surface area contributed by atoms with Crippen LogP contribution < -0.4 is 24.3 Å². The quantitative estimate of drug-likeness (QED) is 0.436. The van der Waals surface area contributed by atoms with Crippen LogP contribution in [0.1, 0.15) is 28.2 Å². The van der Waals surface area contributed by atoms with Crippen LogP contribution in [-0.4, -0.2) is 43.1 Å². The highest BCUT2D eigenvalue weighted by Gasteiger charge is 2.21. The van der Waals surface area contributed by atoms with Gasteiger partial charge in [-0.05, 0) is 48.9 Å². The Labute approximate surface area is 201 Å². The highest BCUT2D eigenvalue weighted by atomic mass is 32.1. The fourth-order valence-electron chi connectivity index (χ4n) is 4.03. The fraction of sp³-hybridized carbons (Fsp3) is 0.280. The Kier molecular flexibility index (Phi) is 5.79. The molecule has 1 atom stereocenters. The average Bonchev–Trinajstić information content (AvgIpc) is 3.44. The molecule has 1 aliphatic heterocycles. The van der Waals surface area contributed by atoms with Crippen LogP contribution in [0.5, 0.6) is 23.0 Å². The summed E-state index contributed by atoms with van der Waals surface area (Å²) in [5.74, 6) is 2.57. The van der Waals surface area contributed by atoms with E-state index in [0.29, 0.717) is 35.3 Å². The van der Waals surface area contributed by atoms with Gasteiger partial charge in [0.05, 0.1) is 25.1 Å². The Balaban J connectivity index is 1.41. The maximum atomic E-state index is 13.1. The predicted octanol–water partition coefficient (Wildman–Crippen LogP) is 4.58. The summed E-state index contributed by atoms with van der Waals surface area (Å²) >= 11 is 1.41. The summed E-state index contributed by atoms with van der Waals surface area (Å²) < 4.78 is 23.8. The van der Waals surface area contributed by atoms with Crippen LogP contribution in [0.4, 0.5) is 0 Å². The predicted molar refractivity (Wildman–Crippen MR) is 130 cm³/mol. The first-order valence-corrected chi connectivity index (χ1v) is 11.7. The van der Waals surface area contributed by atoms with E-state index in [1.807, 2.05) is 56.4 Å². The van der Waals surface area contributed by atoms with Gasteiger partial charge in [-0.1, -0.05) is 6.07 Å². The van der Waals surface area contributed by atoms with Gasteiger partial charge < -0.3 is 24.3 Å². The zero-order chi connectivity index (χ0) is 23.8. The first-order chi connectivity index (χ1) is 16.5. The number of nitrogens with one attached hydrogen (secondary N) is 1. The van der Waals surface area contributed by atoms with Crippen molar-refractivity contribution < 1.29 is 23.7 Å². The minimum absolute atomic E-state index is 0.137. The van der Waals surface area contributed by atoms with Crippen molar-refractivity contribution in [3.05, 3.63) is 52.9 Å². The molecule has 1 amide bonds. The average molecular weight is 480 g/mol. The van der Waals surface area contributed by atoms with Gasteiger partial charge in [-0.2, -0.15) is 5.10 Å². The molecule has 0 saturated heterocycles. The molecule has 8 nitrogen and oxygen atoms in total. The smallest absolute Gasteiger partial charge is 0.261 e. The number of hydrogen-bond donors (Lipinski definition) is 1. The molecule has 1 N–H and O–H groups in total.